The molecule has 0 nitrogen and oxygen atoms in total. The molecule has 0 aliphatic carbocycles. The van der Waals surface area contributed by atoms with Crippen LogP contribution in [0.4, 0.5) is 0 Å². The molecule has 0 aliphatic heterocycles. The van der Waals surface area contributed by atoms with E-state index >= 15 is 0 Å². The molecule has 0 aromatic carbocycles. The van der Waals surface area contributed by atoms with E-state index in [0.717, 1.165) is 12.3 Å². The van der Waals surface area contributed by atoms with Gasteiger partial charge in [0.05, 0.1) is 0 Å². The fourth-order valence-corrected chi connectivity index (χ4v) is 0.878. The Morgan fingerprint density at radius 1 is 1.17 bits per heavy atom. The molecule has 0 saturated carbocycles. The van der Waals surface area contributed by atoms with Gasteiger partial charge in [-0.2, -0.15) is 0 Å². The zero-order chi connectivity index (χ0) is 9.56. The molecule has 12 heavy (non-hydrogen) atoms. The van der Waals surface area contributed by atoms with E-state index in [-0.39, 0.29) is 0 Å². The second kappa shape index (κ2) is 6.05. The molecular formula is C12H22. The predicted molar refractivity (Wildman–Crippen MR) is 57.3 cm³/mol. The van der Waals surface area contributed by atoms with Gasteiger partial charge in [0.15, 0.2) is 0 Å². The van der Waals surface area contributed by atoms with Crippen LogP contribution in [0.15, 0.2) is 23.3 Å². The summed E-state index contributed by atoms with van der Waals surface area (Å²) in [4.78, 5) is 0. The maximum absolute atomic E-state index is 2.28. The molecule has 0 fully saturated rings. The molecule has 0 radical (unpaired) electrons. The number of hydrogen-bond donors (Lipinski definition) is 0. The van der Waals surface area contributed by atoms with E-state index in [0.29, 0.717) is 0 Å². The van der Waals surface area contributed by atoms with Crippen molar-refractivity contribution in [3.63, 3.8) is 0 Å². The van der Waals surface area contributed by atoms with Gasteiger partial charge in [-0.05, 0) is 32.6 Å². The van der Waals surface area contributed by atoms with E-state index in [9.17, 15) is 0 Å². The van der Waals surface area contributed by atoms with Crippen LogP contribution >= 0.6 is 0 Å². The zero-order valence-electron chi connectivity index (χ0n) is 9.15. The van der Waals surface area contributed by atoms with E-state index in [1.807, 2.05) is 0 Å². The average molecular weight is 166 g/mol. The van der Waals surface area contributed by atoms with Crippen LogP contribution in [0.5, 0.6) is 0 Å². The minimum Gasteiger partial charge on any atom is -0.0736 e. The van der Waals surface area contributed by atoms with Crippen LogP contribution in [0.3, 0.4) is 0 Å². The predicted octanol–water partition coefficient (Wildman–Crippen LogP) is 4.34. The lowest BCUT2D eigenvalue weighted by molar-refractivity contribution is 0.655. The summed E-state index contributed by atoms with van der Waals surface area (Å²) in [6.07, 6.45) is 6.89. The molecule has 0 spiro atoms. The lowest BCUT2D eigenvalue weighted by Gasteiger charge is -2.07. The van der Waals surface area contributed by atoms with Gasteiger partial charge in [-0.1, -0.05) is 44.1 Å². The third-order valence-corrected chi connectivity index (χ3v) is 2.58. The van der Waals surface area contributed by atoms with Crippen molar-refractivity contribution < 1.29 is 0 Å². The highest BCUT2D eigenvalue weighted by Gasteiger charge is 1.98. The molecule has 1 unspecified atom stereocenters. The van der Waals surface area contributed by atoms with Gasteiger partial charge in [0, 0.05) is 0 Å². The van der Waals surface area contributed by atoms with Gasteiger partial charge in [0.1, 0.15) is 0 Å². The fraction of sp³-hybridized carbons (Fsp3) is 0.667. The van der Waals surface area contributed by atoms with Crippen LogP contribution in [-0.4, -0.2) is 0 Å². The Morgan fingerprint density at radius 3 is 2.17 bits per heavy atom. The molecule has 0 aromatic rings. The van der Waals surface area contributed by atoms with Crippen molar-refractivity contribution in [2.75, 3.05) is 0 Å². The first-order valence-electron chi connectivity index (χ1n) is 4.95. The summed E-state index contributed by atoms with van der Waals surface area (Å²) in [5, 5.41) is 0. The quantitative estimate of drug-likeness (QED) is 0.545. The van der Waals surface area contributed by atoms with E-state index in [1.54, 1.807) is 0 Å². The summed E-state index contributed by atoms with van der Waals surface area (Å²) in [7, 11) is 0. The standard InChI is InChI=1S/C12H22/c1-6-10(3)8-9-12(5)11(4)7-2/h8-9,11H,6-7H2,1-5H3/b10-8-,12-9+. The monoisotopic (exact) mass is 166 g/mol. The van der Waals surface area contributed by atoms with E-state index < -0.39 is 0 Å². The largest absolute Gasteiger partial charge is 0.0736 e. The fourth-order valence-electron chi connectivity index (χ4n) is 0.878. The molecule has 0 aliphatic rings. The van der Waals surface area contributed by atoms with E-state index in [2.05, 4.69) is 46.8 Å². The summed E-state index contributed by atoms with van der Waals surface area (Å²) >= 11 is 0. The maximum atomic E-state index is 2.28. The van der Waals surface area contributed by atoms with Crippen LogP contribution in [0.25, 0.3) is 0 Å². The SMILES string of the molecule is CC/C(C)=C\C=C(/C)C(C)CC. The second-order valence-electron chi connectivity index (χ2n) is 3.59. The van der Waals surface area contributed by atoms with Gasteiger partial charge in [0.2, 0.25) is 0 Å². The molecule has 0 heterocycles. The van der Waals surface area contributed by atoms with Crippen molar-refractivity contribution in [1.82, 2.24) is 0 Å². The molecule has 0 N–H and O–H groups in total. The molecular weight excluding hydrogens is 144 g/mol. The lowest BCUT2D eigenvalue weighted by Crippen LogP contribution is -1.92. The first-order valence-corrected chi connectivity index (χ1v) is 4.95. The third kappa shape index (κ3) is 4.38. The first kappa shape index (κ1) is 11.5. The summed E-state index contributed by atoms with van der Waals surface area (Å²) in [5.74, 6) is 0.728. The van der Waals surface area contributed by atoms with Crippen LogP contribution in [0.1, 0.15) is 47.5 Å². The van der Waals surface area contributed by atoms with Crippen LogP contribution in [-0.2, 0) is 0 Å². The topological polar surface area (TPSA) is 0 Å². The van der Waals surface area contributed by atoms with Crippen molar-refractivity contribution in [1.29, 1.82) is 0 Å². The Labute approximate surface area is 77.4 Å². The van der Waals surface area contributed by atoms with Gasteiger partial charge >= 0.3 is 0 Å². The summed E-state index contributed by atoms with van der Waals surface area (Å²) in [5.41, 5.74) is 2.95. The molecule has 0 saturated heterocycles. The smallest absolute Gasteiger partial charge is 0.0234 e. The maximum Gasteiger partial charge on any atom is -0.0234 e. The Hall–Kier alpha value is -0.520. The second-order valence-corrected chi connectivity index (χ2v) is 3.59. The Kier molecular flexibility index (Phi) is 5.79. The minimum atomic E-state index is 0.728. The van der Waals surface area contributed by atoms with Gasteiger partial charge in [-0.25, -0.2) is 0 Å². The summed E-state index contributed by atoms with van der Waals surface area (Å²) in [6, 6.07) is 0. The third-order valence-electron chi connectivity index (χ3n) is 2.58. The lowest BCUT2D eigenvalue weighted by atomic mass is 9.99. The minimum absolute atomic E-state index is 0.728. The number of allylic oxidation sites excluding steroid dienone is 4. The zero-order valence-corrected chi connectivity index (χ0v) is 9.15. The highest BCUT2D eigenvalue weighted by atomic mass is 14.0. The van der Waals surface area contributed by atoms with Gasteiger partial charge in [-0.3, -0.25) is 0 Å². The van der Waals surface area contributed by atoms with Crippen molar-refractivity contribution in [2.45, 2.75) is 47.5 Å². The van der Waals surface area contributed by atoms with Crippen LogP contribution in [0, 0.1) is 5.92 Å². The molecule has 0 amide bonds. The van der Waals surface area contributed by atoms with Crippen molar-refractivity contribution in [2.24, 2.45) is 5.92 Å². The number of rotatable bonds is 4. The Bertz CT molecular complexity index is 172. The Balaban J connectivity index is 4.17. The highest BCUT2D eigenvalue weighted by Crippen LogP contribution is 2.13. The summed E-state index contributed by atoms with van der Waals surface area (Å²) < 4.78 is 0. The molecule has 0 aromatic heterocycles. The number of hydrogen-bond acceptors (Lipinski definition) is 0. The molecule has 70 valence electrons. The van der Waals surface area contributed by atoms with Gasteiger partial charge in [0.25, 0.3) is 0 Å². The Morgan fingerprint density at radius 2 is 1.75 bits per heavy atom. The normalized spacial score (nSPS) is 16.4. The molecule has 0 rings (SSSR count). The summed E-state index contributed by atoms with van der Waals surface area (Å²) in [6.45, 7) is 11.1. The van der Waals surface area contributed by atoms with Crippen LogP contribution < -0.4 is 0 Å². The molecule has 0 heteroatoms. The van der Waals surface area contributed by atoms with E-state index in [1.165, 1.54) is 17.6 Å². The first-order chi connectivity index (χ1) is 5.61. The van der Waals surface area contributed by atoms with Crippen molar-refractivity contribution in [3.8, 4) is 0 Å². The molecule has 0 bridgehead atoms. The van der Waals surface area contributed by atoms with E-state index in [4.69, 9.17) is 0 Å². The van der Waals surface area contributed by atoms with Gasteiger partial charge in [-0.15, -0.1) is 0 Å². The average Bonchev–Trinajstić information content (AvgIpc) is 2.11. The van der Waals surface area contributed by atoms with Gasteiger partial charge < -0.3 is 0 Å². The van der Waals surface area contributed by atoms with Crippen LogP contribution in [0.2, 0.25) is 0 Å². The van der Waals surface area contributed by atoms with Crippen molar-refractivity contribution in [3.05, 3.63) is 23.3 Å². The molecule has 1 atom stereocenters. The van der Waals surface area contributed by atoms with Crippen molar-refractivity contribution >= 4 is 0 Å². The highest BCUT2D eigenvalue weighted by molar-refractivity contribution is 5.16.